The molecule has 3 aromatic carbocycles. The van der Waals surface area contributed by atoms with E-state index < -0.39 is 6.04 Å². The highest BCUT2D eigenvalue weighted by atomic mass is 35.5. The van der Waals surface area contributed by atoms with Crippen molar-refractivity contribution in [3.8, 4) is 5.75 Å². The first kappa shape index (κ1) is 22.3. The van der Waals surface area contributed by atoms with Crippen LogP contribution in [-0.2, 0) is 9.59 Å². The van der Waals surface area contributed by atoms with Crippen LogP contribution in [0.25, 0.3) is 0 Å². The lowest BCUT2D eigenvalue weighted by molar-refractivity contribution is -0.123. The molecule has 0 saturated carbocycles. The van der Waals surface area contributed by atoms with Gasteiger partial charge in [-0.25, -0.2) is 0 Å². The van der Waals surface area contributed by atoms with E-state index in [9.17, 15) is 9.59 Å². The van der Waals surface area contributed by atoms with E-state index in [1.807, 2.05) is 30.3 Å². The second kappa shape index (κ2) is 10.6. The van der Waals surface area contributed by atoms with Gasteiger partial charge in [0.2, 0.25) is 11.8 Å². The van der Waals surface area contributed by atoms with Crippen LogP contribution in [0.3, 0.4) is 0 Å². The Balaban J connectivity index is 1.76. The fourth-order valence-electron chi connectivity index (χ4n) is 3.24. The van der Waals surface area contributed by atoms with Crippen LogP contribution < -0.4 is 15.4 Å². The molecule has 160 valence electrons. The third-order valence-corrected chi connectivity index (χ3v) is 4.88. The Hall–Kier alpha value is -3.35. The largest absolute Gasteiger partial charge is 0.497 e. The third kappa shape index (κ3) is 6.31. The third-order valence-electron chi connectivity index (χ3n) is 4.64. The molecule has 3 rings (SSSR count). The first-order valence-corrected chi connectivity index (χ1v) is 10.1. The summed E-state index contributed by atoms with van der Waals surface area (Å²) in [6.45, 7) is 0.0115. The molecule has 0 saturated heterocycles. The lowest BCUT2D eigenvalue weighted by Gasteiger charge is -2.27. The molecule has 2 N–H and O–H groups in total. The number of rotatable bonds is 8. The number of methoxy groups -OCH3 is 1. The van der Waals surface area contributed by atoms with E-state index in [-0.39, 0.29) is 18.4 Å². The summed E-state index contributed by atoms with van der Waals surface area (Å²) in [5.41, 5.74) is 1.99. The minimum atomic E-state index is -0.669. The zero-order valence-corrected chi connectivity index (χ0v) is 18.1. The number of carbonyl (C=O) groups excluding carboxylic acids is 2. The van der Waals surface area contributed by atoms with Gasteiger partial charge in [-0.15, -0.1) is 0 Å². The van der Waals surface area contributed by atoms with Gasteiger partial charge >= 0.3 is 0 Å². The van der Waals surface area contributed by atoms with Gasteiger partial charge in [0.15, 0.2) is 0 Å². The highest BCUT2D eigenvalue weighted by molar-refractivity contribution is 6.30. The van der Waals surface area contributed by atoms with E-state index in [0.29, 0.717) is 22.1 Å². The molecule has 0 bridgehead atoms. The number of nitrogens with one attached hydrogen (secondary N) is 2. The summed E-state index contributed by atoms with van der Waals surface area (Å²) in [5.74, 6) is 0.140. The van der Waals surface area contributed by atoms with Crippen LogP contribution in [0.1, 0.15) is 11.6 Å². The Morgan fingerprint density at radius 1 is 0.935 bits per heavy atom. The molecular formula is C24H24ClN3O3. The lowest BCUT2D eigenvalue weighted by atomic mass is 10.0. The number of anilines is 2. The van der Waals surface area contributed by atoms with Gasteiger partial charge in [0.05, 0.1) is 13.7 Å². The number of nitrogens with zero attached hydrogens (tertiary/aromatic N) is 1. The molecule has 0 heterocycles. The van der Waals surface area contributed by atoms with E-state index in [2.05, 4.69) is 10.6 Å². The first-order valence-electron chi connectivity index (χ1n) is 9.72. The molecule has 0 spiro atoms. The number of likely N-dealkylation sites (N-methyl/N-ethyl adjacent to an activating group) is 1. The maximum Gasteiger partial charge on any atom is 0.246 e. The average Bonchev–Trinajstić information content (AvgIpc) is 2.74. The van der Waals surface area contributed by atoms with E-state index in [0.717, 1.165) is 5.56 Å². The van der Waals surface area contributed by atoms with Gasteiger partial charge < -0.3 is 15.4 Å². The van der Waals surface area contributed by atoms with Crippen LogP contribution in [0, 0.1) is 0 Å². The van der Waals surface area contributed by atoms with Crippen LogP contribution in [0.2, 0.25) is 5.02 Å². The van der Waals surface area contributed by atoms with Gasteiger partial charge in [-0.1, -0.05) is 54.1 Å². The van der Waals surface area contributed by atoms with Crippen molar-refractivity contribution in [2.45, 2.75) is 6.04 Å². The highest BCUT2D eigenvalue weighted by Gasteiger charge is 2.27. The highest BCUT2D eigenvalue weighted by Crippen LogP contribution is 2.24. The summed E-state index contributed by atoms with van der Waals surface area (Å²) < 4.78 is 5.22. The monoisotopic (exact) mass is 437 g/mol. The maximum absolute atomic E-state index is 13.2. The van der Waals surface area contributed by atoms with Crippen LogP contribution in [0.5, 0.6) is 5.75 Å². The molecule has 0 radical (unpaired) electrons. The minimum Gasteiger partial charge on any atom is -0.497 e. The number of hydrogen-bond donors (Lipinski definition) is 2. The molecule has 0 fully saturated rings. The molecule has 31 heavy (non-hydrogen) atoms. The van der Waals surface area contributed by atoms with Gasteiger partial charge in [0.1, 0.15) is 11.8 Å². The number of amides is 2. The van der Waals surface area contributed by atoms with E-state index >= 15 is 0 Å². The SMILES string of the molecule is COc1cccc(NC(=O)C(c2ccccc2)N(C)CC(=O)Nc2cccc(Cl)c2)c1. The second-order valence-electron chi connectivity index (χ2n) is 7.01. The summed E-state index contributed by atoms with van der Waals surface area (Å²) in [4.78, 5) is 27.5. The Morgan fingerprint density at radius 2 is 1.61 bits per heavy atom. The fraction of sp³-hybridized carbons (Fsp3) is 0.167. The van der Waals surface area contributed by atoms with E-state index in [1.165, 1.54) is 0 Å². The van der Waals surface area contributed by atoms with Gasteiger partial charge in [-0.2, -0.15) is 0 Å². The average molecular weight is 438 g/mol. The molecule has 0 aliphatic carbocycles. The topological polar surface area (TPSA) is 70.7 Å². The molecule has 7 heteroatoms. The quantitative estimate of drug-likeness (QED) is 0.540. The summed E-state index contributed by atoms with van der Waals surface area (Å²) in [5, 5.41) is 6.26. The van der Waals surface area contributed by atoms with Crippen LogP contribution >= 0.6 is 11.6 Å². The molecule has 3 aromatic rings. The number of hydrogen-bond acceptors (Lipinski definition) is 4. The normalized spacial score (nSPS) is 11.6. The fourth-order valence-corrected chi connectivity index (χ4v) is 3.43. The van der Waals surface area contributed by atoms with Crippen molar-refractivity contribution in [1.29, 1.82) is 0 Å². The zero-order chi connectivity index (χ0) is 22.2. The number of ether oxygens (including phenoxy) is 1. The van der Waals surface area contributed by atoms with Crippen molar-refractivity contribution in [2.75, 3.05) is 31.3 Å². The molecule has 0 aromatic heterocycles. The van der Waals surface area contributed by atoms with Crippen molar-refractivity contribution in [2.24, 2.45) is 0 Å². The van der Waals surface area contributed by atoms with E-state index in [1.54, 1.807) is 67.6 Å². The number of benzene rings is 3. The van der Waals surface area contributed by atoms with Crippen LogP contribution in [0.4, 0.5) is 11.4 Å². The molecule has 0 aliphatic rings. The van der Waals surface area contributed by atoms with Crippen LogP contribution in [0.15, 0.2) is 78.9 Å². The first-order chi connectivity index (χ1) is 15.0. The Labute approximate surface area is 186 Å². The summed E-state index contributed by atoms with van der Waals surface area (Å²) >= 11 is 5.98. The van der Waals surface area contributed by atoms with Crippen molar-refractivity contribution >= 4 is 34.8 Å². The standard InChI is InChI=1S/C24H24ClN3O3/c1-28(16-22(29)26-19-11-6-10-18(25)14-19)23(17-8-4-3-5-9-17)24(30)27-20-12-7-13-21(15-20)31-2/h3-15,23H,16H2,1-2H3,(H,26,29)(H,27,30). The Kier molecular flexibility index (Phi) is 7.65. The van der Waals surface area contributed by atoms with Gasteiger partial charge in [-0.3, -0.25) is 14.5 Å². The molecule has 6 nitrogen and oxygen atoms in total. The predicted octanol–water partition coefficient (Wildman–Crippen LogP) is 4.60. The van der Waals surface area contributed by atoms with Gasteiger partial charge in [0, 0.05) is 22.5 Å². The van der Waals surface area contributed by atoms with Gasteiger partial charge in [0.25, 0.3) is 0 Å². The molecule has 1 atom stereocenters. The lowest BCUT2D eigenvalue weighted by Crippen LogP contribution is -2.39. The minimum absolute atomic E-state index is 0.0115. The van der Waals surface area contributed by atoms with Gasteiger partial charge in [-0.05, 0) is 42.9 Å². The summed E-state index contributed by atoms with van der Waals surface area (Å²) in [7, 11) is 3.31. The predicted molar refractivity (Wildman–Crippen MR) is 124 cm³/mol. The number of carbonyl (C=O) groups is 2. The summed E-state index contributed by atoms with van der Waals surface area (Å²) in [6.07, 6.45) is 0. The number of halogens is 1. The Morgan fingerprint density at radius 3 is 2.29 bits per heavy atom. The zero-order valence-electron chi connectivity index (χ0n) is 17.3. The molecular weight excluding hydrogens is 414 g/mol. The smallest absolute Gasteiger partial charge is 0.246 e. The van der Waals surface area contributed by atoms with Crippen LogP contribution in [-0.4, -0.2) is 37.4 Å². The van der Waals surface area contributed by atoms with Crippen molar-refractivity contribution < 1.29 is 14.3 Å². The van der Waals surface area contributed by atoms with Crippen molar-refractivity contribution in [1.82, 2.24) is 4.90 Å². The van der Waals surface area contributed by atoms with E-state index in [4.69, 9.17) is 16.3 Å². The maximum atomic E-state index is 13.2. The van der Waals surface area contributed by atoms with Crippen molar-refractivity contribution in [3.05, 3.63) is 89.4 Å². The summed E-state index contributed by atoms with van der Waals surface area (Å²) in [6, 6.07) is 22.7. The molecule has 0 aliphatic heterocycles. The molecule has 2 amide bonds. The van der Waals surface area contributed by atoms with Crippen molar-refractivity contribution in [3.63, 3.8) is 0 Å². The Bertz CT molecular complexity index is 1040. The second-order valence-corrected chi connectivity index (χ2v) is 7.44. The molecule has 1 unspecified atom stereocenters.